The number of hydrogen-bond donors (Lipinski definition) is 12. The number of rotatable bonds is 10. The van der Waals surface area contributed by atoms with Crippen LogP contribution in [0.15, 0.2) is 0 Å². The molecule has 20 nitrogen and oxygen atoms in total. The van der Waals surface area contributed by atoms with Crippen LogP contribution in [0.25, 0.3) is 0 Å². The van der Waals surface area contributed by atoms with Crippen molar-refractivity contribution in [2.75, 3.05) is 19.8 Å². The highest BCUT2D eigenvalue weighted by atomic mass is 16.7. The smallest absolute Gasteiger partial charge is 0.217 e. The maximum Gasteiger partial charge on any atom is 0.217 e. The van der Waals surface area contributed by atoms with E-state index < -0.39 is 99.0 Å². The second kappa shape index (κ2) is 22.2. The van der Waals surface area contributed by atoms with Crippen LogP contribution in [-0.2, 0) is 38.1 Å². The summed E-state index contributed by atoms with van der Waals surface area (Å²) in [5.74, 6) is -1.43. The van der Waals surface area contributed by atoms with Crippen LogP contribution in [0, 0.1) is 5.92 Å². The average Bonchev–Trinajstić information content (AvgIpc) is 3.04. The molecule has 0 saturated carbocycles. The van der Waals surface area contributed by atoms with Gasteiger partial charge < -0.3 is 85.6 Å². The molecule has 0 aromatic carbocycles. The first-order chi connectivity index (χ1) is 23.7. The number of ether oxygens (including phenoxy) is 5. The van der Waals surface area contributed by atoms with Crippen molar-refractivity contribution in [3.05, 3.63) is 0 Å². The Balaban J connectivity index is 0.000000384. The van der Waals surface area contributed by atoms with E-state index in [1.54, 1.807) is 34.6 Å². The Morgan fingerprint density at radius 1 is 0.549 bits per heavy atom. The van der Waals surface area contributed by atoms with E-state index in [9.17, 15) is 45.0 Å². The van der Waals surface area contributed by atoms with E-state index in [-0.39, 0.29) is 42.5 Å². The lowest BCUT2D eigenvalue weighted by Crippen LogP contribution is -2.64. The lowest BCUT2D eigenvalue weighted by Gasteiger charge is -2.42. The van der Waals surface area contributed by atoms with Gasteiger partial charge in [-0.15, -0.1) is 0 Å². The van der Waals surface area contributed by atoms with E-state index in [1.165, 1.54) is 20.8 Å². The number of amides is 3. The van der Waals surface area contributed by atoms with E-state index in [2.05, 4.69) is 16.0 Å². The third-order valence-electron chi connectivity index (χ3n) is 7.98. The monoisotopic (exact) mass is 745 g/mol. The largest absolute Gasteiger partial charge is 0.394 e. The SMILES string of the molecule is CC(=O)NC1C(OC(C)C)OC(CO)C(O)C1O.CC(=O)NC1C(OC(C)C)OC(CO)C(O)C1O.CC(=O)N[C@H]1C(O)O[C@H](CO)[C@H](C)[C@@H]1O. The summed E-state index contributed by atoms with van der Waals surface area (Å²) in [4.78, 5) is 33.0. The molecule has 0 spiro atoms. The van der Waals surface area contributed by atoms with Crippen molar-refractivity contribution < 1.29 is 84.0 Å². The minimum Gasteiger partial charge on any atom is -0.394 e. The van der Waals surface area contributed by atoms with Gasteiger partial charge in [0.2, 0.25) is 17.7 Å². The molecule has 300 valence electrons. The summed E-state index contributed by atoms with van der Waals surface area (Å²) in [6.07, 6.45) is -12.0. The summed E-state index contributed by atoms with van der Waals surface area (Å²) in [6.45, 7) is 11.5. The van der Waals surface area contributed by atoms with Crippen LogP contribution < -0.4 is 16.0 Å². The average molecular weight is 746 g/mol. The molecule has 3 rings (SSSR count). The van der Waals surface area contributed by atoms with Gasteiger partial charge in [-0.25, -0.2) is 0 Å². The fourth-order valence-corrected chi connectivity index (χ4v) is 5.41. The fourth-order valence-electron chi connectivity index (χ4n) is 5.41. The number of aliphatic hydroxyl groups is 9. The Labute approximate surface area is 297 Å². The first-order valence-corrected chi connectivity index (χ1v) is 16.7. The minimum atomic E-state index is -1.29. The number of carbonyl (C=O) groups excluding carboxylic acids is 3. The molecule has 0 aliphatic carbocycles. The van der Waals surface area contributed by atoms with Crippen molar-refractivity contribution in [3.63, 3.8) is 0 Å². The lowest BCUT2D eigenvalue weighted by molar-refractivity contribution is -0.278. The van der Waals surface area contributed by atoms with Crippen molar-refractivity contribution in [1.29, 1.82) is 0 Å². The zero-order valence-electron chi connectivity index (χ0n) is 30.2. The molecular formula is C31H59N3O17. The van der Waals surface area contributed by atoms with Gasteiger partial charge in [-0.05, 0) is 27.7 Å². The zero-order valence-corrected chi connectivity index (χ0v) is 30.2. The van der Waals surface area contributed by atoms with Crippen molar-refractivity contribution in [1.82, 2.24) is 16.0 Å². The molecule has 0 bridgehead atoms. The summed E-state index contributed by atoms with van der Waals surface area (Å²) >= 11 is 0. The molecule has 0 radical (unpaired) electrons. The van der Waals surface area contributed by atoms with Gasteiger partial charge in [0, 0.05) is 26.7 Å². The third-order valence-corrected chi connectivity index (χ3v) is 7.98. The number of nitrogens with one attached hydrogen (secondary N) is 3. The number of hydrogen-bond acceptors (Lipinski definition) is 17. The predicted octanol–water partition coefficient (Wildman–Crippen LogP) is -5.09. The highest BCUT2D eigenvalue weighted by Crippen LogP contribution is 2.26. The Morgan fingerprint density at radius 3 is 1.18 bits per heavy atom. The molecule has 3 aliphatic heterocycles. The molecule has 0 aromatic rings. The molecule has 3 fully saturated rings. The van der Waals surface area contributed by atoms with E-state index in [0.29, 0.717) is 0 Å². The Bertz CT molecular complexity index is 1000. The van der Waals surface area contributed by atoms with Gasteiger partial charge in [0.25, 0.3) is 0 Å². The first kappa shape index (κ1) is 46.9. The molecule has 3 heterocycles. The quantitative estimate of drug-likeness (QED) is 0.0995. The normalized spacial score (nSPS) is 38.1. The first-order valence-electron chi connectivity index (χ1n) is 16.7. The Kier molecular flexibility index (Phi) is 20.4. The number of carbonyl (C=O) groups is 3. The van der Waals surface area contributed by atoms with Crippen LogP contribution in [0.2, 0.25) is 0 Å². The summed E-state index contributed by atoms with van der Waals surface area (Å²) in [6, 6.07) is -2.59. The fraction of sp³-hybridized carbons (Fsp3) is 0.903. The molecule has 3 amide bonds. The van der Waals surface area contributed by atoms with Crippen LogP contribution >= 0.6 is 0 Å². The van der Waals surface area contributed by atoms with Gasteiger partial charge in [0.1, 0.15) is 54.7 Å². The van der Waals surface area contributed by atoms with Crippen LogP contribution in [-0.4, -0.2) is 182 Å². The summed E-state index contributed by atoms with van der Waals surface area (Å²) in [5.41, 5.74) is 0. The molecule has 11 unspecified atom stereocenters. The van der Waals surface area contributed by atoms with Crippen molar-refractivity contribution >= 4 is 17.7 Å². The second-order valence-electron chi connectivity index (χ2n) is 13.1. The van der Waals surface area contributed by atoms with E-state index in [0.717, 1.165) is 0 Å². The molecule has 12 N–H and O–H groups in total. The topological polar surface area (TPSA) is 316 Å². The Hall–Kier alpha value is -2.15. The van der Waals surface area contributed by atoms with Crippen molar-refractivity contribution in [2.24, 2.45) is 5.92 Å². The van der Waals surface area contributed by atoms with Crippen LogP contribution in [0.5, 0.6) is 0 Å². The highest BCUT2D eigenvalue weighted by molar-refractivity contribution is 5.74. The van der Waals surface area contributed by atoms with Gasteiger partial charge in [0.15, 0.2) is 18.9 Å². The molecular weight excluding hydrogens is 686 g/mol. The molecule has 15 atom stereocenters. The summed E-state index contributed by atoms with van der Waals surface area (Å²) < 4.78 is 26.6. The predicted molar refractivity (Wildman–Crippen MR) is 174 cm³/mol. The van der Waals surface area contributed by atoms with Gasteiger partial charge in [0.05, 0.1) is 44.2 Å². The van der Waals surface area contributed by atoms with Gasteiger partial charge >= 0.3 is 0 Å². The summed E-state index contributed by atoms with van der Waals surface area (Å²) in [5, 5.41) is 93.0. The zero-order chi connectivity index (χ0) is 39.3. The van der Waals surface area contributed by atoms with Crippen LogP contribution in [0.3, 0.4) is 0 Å². The maximum absolute atomic E-state index is 11.1. The van der Waals surface area contributed by atoms with Gasteiger partial charge in [-0.1, -0.05) is 6.92 Å². The molecule has 51 heavy (non-hydrogen) atoms. The highest BCUT2D eigenvalue weighted by Gasteiger charge is 2.47. The molecule has 0 aromatic heterocycles. The van der Waals surface area contributed by atoms with E-state index >= 15 is 0 Å². The summed E-state index contributed by atoms with van der Waals surface area (Å²) in [7, 11) is 0. The maximum atomic E-state index is 11.1. The molecule has 3 saturated heterocycles. The van der Waals surface area contributed by atoms with Crippen molar-refractivity contribution in [3.8, 4) is 0 Å². The third kappa shape index (κ3) is 14.3. The Morgan fingerprint density at radius 2 is 0.882 bits per heavy atom. The van der Waals surface area contributed by atoms with Crippen molar-refractivity contribution in [2.45, 2.75) is 153 Å². The van der Waals surface area contributed by atoms with Gasteiger partial charge in [-0.3, -0.25) is 14.4 Å². The van der Waals surface area contributed by atoms with Crippen LogP contribution in [0.4, 0.5) is 0 Å². The lowest BCUT2D eigenvalue weighted by atomic mass is 9.89. The van der Waals surface area contributed by atoms with E-state index in [4.69, 9.17) is 39.0 Å². The molecule has 3 aliphatic rings. The number of aliphatic hydroxyl groups excluding tert-OH is 9. The minimum absolute atomic E-state index is 0.187. The van der Waals surface area contributed by atoms with Gasteiger partial charge in [-0.2, -0.15) is 0 Å². The van der Waals surface area contributed by atoms with E-state index in [1.807, 2.05) is 0 Å². The standard InChI is InChI=1S/2C11H21NO6.C9H17NO5/c2*1-5(2)17-11-8(12-6(3)14)10(16)9(15)7(4-13)18-11;1-4-6(3-11)15-9(14)7(8(4)13)10-5(2)12/h2*5,7-11,13,15-16H,4H2,1-3H3,(H,12,14);4,6-9,11,13-14H,3H2,1-2H3,(H,10,12)/t;;4-,6+,7+,8-,9?/m..0/s1. The van der Waals surface area contributed by atoms with Crippen LogP contribution in [0.1, 0.15) is 55.4 Å². The molecule has 20 heteroatoms. The second-order valence-corrected chi connectivity index (χ2v) is 13.1.